The number of cyclic esters (lactones) is 1. The Morgan fingerprint density at radius 3 is 2.05 bits per heavy atom. The molecule has 11 heteroatoms. The second kappa shape index (κ2) is 21.9. The number of allylic oxidation sites excluding steroid dienone is 3. The van der Waals surface area contributed by atoms with Crippen molar-refractivity contribution in [3.8, 4) is 0 Å². The van der Waals surface area contributed by atoms with Crippen LogP contribution in [0.25, 0.3) is 0 Å². The quantitative estimate of drug-likeness (QED) is 0.172. The smallest absolute Gasteiger partial charge is 0.308 e. The molecular formula is C44H77NO10. The van der Waals surface area contributed by atoms with Crippen molar-refractivity contribution < 1.29 is 47.9 Å². The summed E-state index contributed by atoms with van der Waals surface area (Å²) in [5, 5.41) is 11.9. The first-order valence-corrected chi connectivity index (χ1v) is 20.9. The van der Waals surface area contributed by atoms with Gasteiger partial charge in [0.25, 0.3) is 0 Å². The zero-order valence-corrected chi connectivity index (χ0v) is 36.7. The highest BCUT2D eigenvalue weighted by Crippen LogP contribution is 2.39. The van der Waals surface area contributed by atoms with Gasteiger partial charge in [-0.3, -0.25) is 9.59 Å². The van der Waals surface area contributed by atoms with Crippen LogP contribution in [0.1, 0.15) is 102 Å². The summed E-state index contributed by atoms with van der Waals surface area (Å²) in [6.45, 7) is 23.1. The van der Waals surface area contributed by atoms with Gasteiger partial charge >= 0.3 is 5.97 Å². The van der Waals surface area contributed by atoms with Crippen LogP contribution in [0.5, 0.6) is 0 Å². The molecule has 0 bridgehead atoms. The van der Waals surface area contributed by atoms with Crippen LogP contribution in [0.2, 0.25) is 0 Å². The van der Waals surface area contributed by atoms with E-state index in [1.165, 1.54) is 0 Å². The molecule has 2 fully saturated rings. The molecule has 3 heterocycles. The lowest BCUT2D eigenvalue weighted by molar-refractivity contribution is -0.280. The molecule has 3 aliphatic rings. The lowest BCUT2D eigenvalue weighted by Gasteiger charge is -2.48. The van der Waals surface area contributed by atoms with E-state index in [-0.39, 0.29) is 78.9 Å². The Morgan fingerprint density at radius 1 is 0.836 bits per heavy atom. The predicted octanol–water partition coefficient (Wildman–Crippen LogP) is 7.05. The number of ether oxygens (including phenoxy) is 7. The number of hydrogen-bond donors (Lipinski definition) is 1. The van der Waals surface area contributed by atoms with Crippen molar-refractivity contribution in [3.63, 3.8) is 0 Å². The van der Waals surface area contributed by atoms with Crippen molar-refractivity contribution in [3.05, 3.63) is 23.8 Å². The van der Waals surface area contributed by atoms with Crippen molar-refractivity contribution in [1.29, 1.82) is 0 Å². The molecule has 17 atom stereocenters. The van der Waals surface area contributed by atoms with Crippen molar-refractivity contribution >= 4 is 11.8 Å². The number of methoxy groups -OCH3 is 2. The SMILES string of the molecule is CC[C@H]1OC(=O)C[C@@H](O)[C@H](C)[C@@H](O[C@@H]2O[C@H](C)[C@@H](C)[C@H](N(C)C)[C@H]2C)[C@@H](CC(OC)OC)C[C@@H](C)C(=O)/C=C/C(C)=C/[C@@H]1CO[C@@H]1O[C@H](C)[C@@H](C)[C@@H](C)[C@H]1C. The topological polar surface area (TPSA) is 122 Å². The minimum atomic E-state index is -1.10. The number of carbonyl (C=O) groups excluding carboxylic acids is 2. The second-order valence-corrected chi connectivity index (χ2v) is 17.5. The van der Waals surface area contributed by atoms with Crippen LogP contribution < -0.4 is 0 Å². The minimum Gasteiger partial charge on any atom is -0.462 e. The fourth-order valence-corrected chi connectivity index (χ4v) is 9.07. The van der Waals surface area contributed by atoms with Crippen LogP contribution in [0, 0.1) is 53.3 Å². The molecule has 2 saturated heterocycles. The maximum absolute atomic E-state index is 13.8. The average molecular weight is 780 g/mol. The Balaban J connectivity index is 2.01. The average Bonchev–Trinajstić information content (AvgIpc) is 3.14. The summed E-state index contributed by atoms with van der Waals surface area (Å²) in [5.41, 5.74) is 0.858. The molecule has 3 aliphatic heterocycles. The van der Waals surface area contributed by atoms with E-state index in [2.05, 4.69) is 67.5 Å². The number of aliphatic hydroxyl groups is 1. The maximum Gasteiger partial charge on any atom is 0.308 e. The van der Waals surface area contributed by atoms with Crippen molar-refractivity contribution in [2.24, 2.45) is 53.3 Å². The van der Waals surface area contributed by atoms with E-state index < -0.39 is 42.8 Å². The monoisotopic (exact) mass is 780 g/mol. The van der Waals surface area contributed by atoms with Gasteiger partial charge in [0.2, 0.25) is 0 Å². The third-order valence-corrected chi connectivity index (χ3v) is 13.4. The van der Waals surface area contributed by atoms with Crippen LogP contribution in [0.4, 0.5) is 0 Å². The molecule has 55 heavy (non-hydrogen) atoms. The fraction of sp³-hybridized carbons (Fsp3) is 0.864. The Bertz CT molecular complexity index is 1250. The normalized spacial score (nSPS) is 43.2. The molecule has 0 aromatic carbocycles. The highest BCUT2D eigenvalue weighted by atomic mass is 16.7. The number of esters is 1. The highest BCUT2D eigenvalue weighted by Gasteiger charge is 2.45. The van der Waals surface area contributed by atoms with Gasteiger partial charge in [0.15, 0.2) is 24.7 Å². The first-order chi connectivity index (χ1) is 25.8. The minimum absolute atomic E-state index is 0.00444. The summed E-state index contributed by atoms with van der Waals surface area (Å²) in [7, 11) is 7.32. The number of carbonyl (C=O) groups is 2. The zero-order valence-electron chi connectivity index (χ0n) is 36.7. The van der Waals surface area contributed by atoms with Crippen molar-refractivity contribution in [1.82, 2.24) is 4.90 Å². The van der Waals surface area contributed by atoms with Gasteiger partial charge in [-0.05, 0) is 77.5 Å². The van der Waals surface area contributed by atoms with E-state index in [9.17, 15) is 14.7 Å². The molecule has 0 unspecified atom stereocenters. The molecule has 0 amide bonds. The summed E-state index contributed by atoms with van der Waals surface area (Å²) in [6.07, 6.45) is 2.83. The lowest BCUT2D eigenvalue weighted by atomic mass is 9.79. The molecule has 0 aromatic heterocycles. The number of ketones is 1. The Kier molecular flexibility index (Phi) is 19.0. The summed E-state index contributed by atoms with van der Waals surface area (Å²) >= 11 is 0. The zero-order chi connectivity index (χ0) is 41.3. The molecule has 3 rings (SSSR count). The molecular weight excluding hydrogens is 702 g/mol. The lowest BCUT2D eigenvalue weighted by Crippen LogP contribution is -2.56. The second-order valence-electron chi connectivity index (χ2n) is 17.5. The number of aliphatic hydroxyl groups excluding tert-OH is 1. The van der Waals surface area contributed by atoms with Crippen LogP contribution in [0.3, 0.4) is 0 Å². The summed E-state index contributed by atoms with van der Waals surface area (Å²) < 4.78 is 43.8. The summed E-state index contributed by atoms with van der Waals surface area (Å²) in [6, 6.07) is 0.187. The van der Waals surface area contributed by atoms with Gasteiger partial charge in [-0.25, -0.2) is 0 Å². The van der Waals surface area contributed by atoms with Crippen LogP contribution in [-0.2, 0) is 42.7 Å². The maximum atomic E-state index is 13.8. The number of hydrogen-bond acceptors (Lipinski definition) is 11. The molecule has 0 aromatic rings. The van der Waals surface area contributed by atoms with Crippen molar-refractivity contribution in [2.45, 2.75) is 157 Å². The van der Waals surface area contributed by atoms with Gasteiger partial charge in [0, 0.05) is 56.3 Å². The van der Waals surface area contributed by atoms with Crippen LogP contribution >= 0.6 is 0 Å². The van der Waals surface area contributed by atoms with Gasteiger partial charge in [0.1, 0.15) is 6.10 Å². The molecule has 0 aliphatic carbocycles. The van der Waals surface area contributed by atoms with Gasteiger partial charge in [0.05, 0.1) is 37.4 Å². The highest BCUT2D eigenvalue weighted by molar-refractivity contribution is 5.91. The molecule has 0 radical (unpaired) electrons. The molecule has 0 spiro atoms. The first-order valence-electron chi connectivity index (χ1n) is 20.9. The van der Waals surface area contributed by atoms with E-state index in [4.69, 9.17) is 33.2 Å². The van der Waals surface area contributed by atoms with E-state index >= 15 is 0 Å². The molecule has 1 N–H and O–H groups in total. The number of nitrogens with zero attached hydrogens (tertiary/aromatic N) is 1. The molecule has 11 nitrogen and oxygen atoms in total. The summed E-state index contributed by atoms with van der Waals surface area (Å²) in [5.74, 6) is -0.780. The number of rotatable bonds is 11. The largest absolute Gasteiger partial charge is 0.462 e. The van der Waals surface area contributed by atoms with Gasteiger partial charge in [-0.2, -0.15) is 0 Å². The molecule has 318 valence electrons. The van der Waals surface area contributed by atoms with Gasteiger partial charge in [-0.1, -0.05) is 73.1 Å². The third kappa shape index (κ3) is 12.6. The Morgan fingerprint density at radius 2 is 1.45 bits per heavy atom. The van der Waals surface area contributed by atoms with Crippen LogP contribution in [-0.4, -0.2) is 112 Å². The Hall–Kier alpha value is -1.70. The standard InChI is InChI=1S/C44H77NO10/c1-16-38-35(23-51-43-28(6)26(4)27(5)32(10)52-43)19-24(2)17-18-36(46)25(3)20-34(21-40(49-14)50-15)42(30(8)37(47)22-39(48)54-38)55-44-31(9)41(45(12)13)29(7)33(11)53-44/h17-19,25-35,37-38,40-44,47H,16,20-23H2,1-15H3/b18-17+,24-19+/t25-,26-,27+,28-,29-,30+,31-,32-,33-,34-,35-,37-,38-,41+,42-,43-,44+/m1/s1. The van der Waals surface area contributed by atoms with Gasteiger partial charge < -0.3 is 43.2 Å². The Labute approximate surface area is 333 Å². The first kappa shape index (κ1) is 47.7. The van der Waals surface area contributed by atoms with E-state index in [1.807, 2.05) is 39.8 Å². The summed E-state index contributed by atoms with van der Waals surface area (Å²) in [4.78, 5) is 29.8. The fourth-order valence-electron chi connectivity index (χ4n) is 9.07. The van der Waals surface area contributed by atoms with E-state index in [0.717, 1.165) is 5.57 Å². The van der Waals surface area contributed by atoms with E-state index in [1.54, 1.807) is 20.3 Å². The van der Waals surface area contributed by atoms with Crippen molar-refractivity contribution in [2.75, 3.05) is 34.9 Å². The molecule has 0 saturated carbocycles. The van der Waals surface area contributed by atoms with Crippen LogP contribution in [0.15, 0.2) is 23.8 Å². The van der Waals surface area contributed by atoms with E-state index in [0.29, 0.717) is 31.1 Å². The predicted molar refractivity (Wildman–Crippen MR) is 214 cm³/mol. The third-order valence-electron chi connectivity index (χ3n) is 13.4. The van der Waals surface area contributed by atoms with Gasteiger partial charge in [-0.15, -0.1) is 0 Å².